The summed E-state index contributed by atoms with van der Waals surface area (Å²) in [5, 5.41) is 2.81. The van der Waals surface area contributed by atoms with Crippen molar-refractivity contribution in [2.45, 2.75) is 19.4 Å². The van der Waals surface area contributed by atoms with Gasteiger partial charge in [0.15, 0.2) is 0 Å². The van der Waals surface area contributed by atoms with Gasteiger partial charge in [-0.15, -0.1) is 0 Å². The van der Waals surface area contributed by atoms with Crippen molar-refractivity contribution in [3.8, 4) is 0 Å². The monoisotopic (exact) mass is 278 g/mol. The summed E-state index contributed by atoms with van der Waals surface area (Å²) in [6.07, 6.45) is 2.84. The van der Waals surface area contributed by atoms with Crippen LogP contribution in [0.1, 0.15) is 18.4 Å². The van der Waals surface area contributed by atoms with Gasteiger partial charge in [-0.3, -0.25) is 9.69 Å². The van der Waals surface area contributed by atoms with E-state index in [0.717, 1.165) is 31.2 Å². The molecule has 1 atom stereocenters. The number of piperidine rings is 1. The Balaban J connectivity index is 1.75. The van der Waals surface area contributed by atoms with Crippen LogP contribution in [0.3, 0.4) is 0 Å². The van der Waals surface area contributed by atoms with Crippen LogP contribution in [0.2, 0.25) is 0 Å². The molecule has 108 valence electrons. The highest BCUT2D eigenvalue weighted by atomic mass is 19.1. The second kappa shape index (κ2) is 7.14. The number of benzene rings is 1. The van der Waals surface area contributed by atoms with Crippen LogP contribution in [0.4, 0.5) is 4.39 Å². The lowest BCUT2D eigenvalue weighted by Crippen LogP contribution is -2.42. The topological polar surface area (TPSA) is 49.4 Å². The van der Waals surface area contributed by atoms with E-state index in [9.17, 15) is 14.0 Å². The minimum absolute atomic E-state index is 0.0497. The average Bonchev–Trinajstić information content (AvgIpc) is 2.47. The molecule has 1 aliphatic heterocycles. The highest BCUT2D eigenvalue weighted by Crippen LogP contribution is 2.13. The summed E-state index contributed by atoms with van der Waals surface area (Å²) in [6, 6.07) is 6.06. The summed E-state index contributed by atoms with van der Waals surface area (Å²) in [5.41, 5.74) is 0.865. The zero-order chi connectivity index (χ0) is 14.4. The fourth-order valence-corrected chi connectivity index (χ4v) is 2.41. The van der Waals surface area contributed by atoms with Crippen LogP contribution in [0, 0.1) is 11.7 Å². The standard InChI is InChI=1S/C15H19FN2O2/c16-14-5-3-12(4-6-14)8-17-15(20)10-18-7-1-2-13(9-18)11-19/h3-6,11,13H,1-2,7-10H2,(H,17,20). The molecule has 1 aromatic carbocycles. The Labute approximate surface area is 118 Å². The van der Waals surface area contributed by atoms with Gasteiger partial charge in [-0.1, -0.05) is 12.1 Å². The van der Waals surface area contributed by atoms with Gasteiger partial charge >= 0.3 is 0 Å². The van der Waals surface area contributed by atoms with Crippen LogP contribution < -0.4 is 5.32 Å². The number of halogens is 1. The second-order valence-electron chi connectivity index (χ2n) is 5.18. The van der Waals surface area contributed by atoms with E-state index in [4.69, 9.17) is 0 Å². The quantitative estimate of drug-likeness (QED) is 0.827. The van der Waals surface area contributed by atoms with Crippen molar-refractivity contribution in [3.05, 3.63) is 35.6 Å². The summed E-state index contributed by atoms with van der Waals surface area (Å²) < 4.78 is 12.7. The molecule has 1 saturated heterocycles. The Morgan fingerprint density at radius 2 is 2.15 bits per heavy atom. The highest BCUT2D eigenvalue weighted by molar-refractivity contribution is 5.78. The smallest absolute Gasteiger partial charge is 0.234 e. The first-order valence-corrected chi connectivity index (χ1v) is 6.86. The predicted molar refractivity (Wildman–Crippen MR) is 73.5 cm³/mol. The number of likely N-dealkylation sites (tertiary alicyclic amines) is 1. The first-order valence-electron chi connectivity index (χ1n) is 6.86. The van der Waals surface area contributed by atoms with Crippen molar-refractivity contribution < 1.29 is 14.0 Å². The van der Waals surface area contributed by atoms with E-state index in [2.05, 4.69) is 5.32 Å². The van der Waals surface area contributed by atoms with Crippen LogP contribution in [-0.2, 0) is 16.1 Å². The Hall–Kier alpha value is -1.75. The maximum Gasteiger partial charge on any atom is 0.234 e. The molecule has 1 aromatic rings. The van der Waals surface area contributed by atoms with Gasteiger partial charge in [-0.2, -0.15) is 0 Å². The molecular formula is C15H19FN2O2. The van der Waals surface area contributed by atoms with E-state index in [-0.39, 0.29) is 17.6 Å². The Kier molecular flexibility index (Phi) is 5.24. The molecule has 1 unspecified atom stereocenters. The third-order valence-corrected chi connectivity index (χ3v) is 3.50. The zero-order valence-corrected chi connectivity index (χ0v) is 11.3. The van der Waals surface area contributed by atoms with Crippen molar-refractivity contribution in [2.75, 3.05) is 19.6 Å². The zero-order valence-electron chi connectivity index (χ0n) is 11.3. The van der Waals surface area contributed by atoms with Crippen LogP contribution in [0.15, 0.2) is 24.3 Å². The predicted octanol–water partition coefficient (Wildman–Crippen LogP) is 1.35. The van der Waals surface area contributed by atoms with Crippen molar-refractivity contribution >= 4 is 12.2 Å². The number of nitrogens with zero attached hydrogens (tertiary/aromatic N) is 1. The number of carbonyl (C=O) groups is 2. The normalized spacial score (nSPS) is 19.6. The lowest BCUT2D eigenvalue weighted by Gasteiger charge is -2.29. The van der Waals surface area contributed by atoms with Crippen LogP contribution in [-0.4, -0.2) is 36.7 Å². The molecule has 20 heavy (non-hydrogen) atoms. The van der Waals surface area contributed by atoms with Crippen molar-refractivity contribution in [1.82, 2.24) is 10.2 Å². The van der Waals surface area contributed by atoms with E-state index >= 15 is 0 Å². The lowest BCUT2D eigenvalue weighted by atomic mass is 10.00. The molecule has 0 aliphatic carbocycles. The van der Waals surface area contributed by atoms with Gasteiger partial charge in [0, 0.05) is 19.0 Å². The van der Waals surface area contributed by atoms with Gasteiger partial charge in [-0.05, 0) is 37.1 Å². The van der Waals surface area contributed by atoms with Gasteiger partial charge < -0.3 is 10.1 Å². The Morgan fingerprint density at radius 3 is 2.85 bits per heavy atom. The molecule has 1 N–H and O–H groups in total. The first kappa shape index (κ1) is 14.7. The molecule has 5 heteroatoms. The number of rotatable bonds is 5. The van der Waals surface area contributed by atoms with Crippen molar-refractivity contribution in [3.63, 3.8) is 0 Å². The molecule has 2 rings (SSSR count). The third kappa shape index (κ3) is 4.42. The molecule has 0 saturated carbocycles. The van der Waals surface area contributed by atoms with Gasteiger partial charge in [0.1, 0.15) is 12.1 Å². The minimum atomic E-state index is -0.284. The SMILES string of the molecule is O=CC1CCCN(CC(=O)NCc2ccc(F)cc2)C1. The number of hydrogen-bond donors (Lipinski definition) is 1. The molecule has 1 heterocycles. The molecular weight excluding hydrogens is 259 g/mol. The highest BCUT2D eigenvalue weighted by Gasteiger charge is 2.20. The number of hydrogen-bond acceptors (Lipinski definition) is 3. The second-order valence-corrected chi connectivity index (χ2v) is 5.18. The molecule has 1 fully saturated rings. The maximum atomic E-state index is 12.7. The van der Waals surface area contributed by atoms with Gasteiger partial charge in [0.2, 0.25) is 5.91 Å². The summed E-state index contributed by atoms with van der Waals surface area (Å²) in [7, 11) is 0. The maximum absolute atomic E-state index is 12.7. The summed E-state index contributed by atoms with van der Waals surface area (Å²) in [5.74, 6) is -0.303. The van der Waals surface area contributed by atoms with E-state index in [0.29, 0.717) is 19.6 Å². The van der Waals surface area contributed by atoms with E-state index < -0.39 is 0 Å². The van der Waals surface area contributed by atoms with Crippen LogP contribution >= 0.6 is 0 Å². The minimum Gasteiger partial charge on any atom is -0.351 e. The molecule has 0 radical (unpaired) electrons. The van der Waals surface area contributed by atoms with E-state index in [1.165, 1.54) is 12.1 Å². The summed E-state index contributed by atoms with van der Waals surface area (Å²) >= 11 is 0. The lowest BCUT2D eigenvalue weighted by molar-refractivity contribution is -0.123. The molecule has 0 spiro atoms. The van der Waals surface area contributed by atoms with Gasteiger partial charge in [0.25, 0.3) is 0 Å². The number of nitrogens with one attached hydrogen (secondary N) is 1. The van der Waals surface area contributed by atoms with Crippen molar-refractivity contribution in [2.24, 2.45) is 5.92 Å². The van der Waals surface area contributed by atoms with Crippen LogP contribution in [0.25, 0.3) is 0 Å². The first-order chi connectivity index (χ1) is 9.67. The third-order valence-electron chi connectivity index (χ3n) is 3.50. The van der Waals surface area contributed by atoms with Gasteiger partial charge in [-0.25, -0.2) is 4.39 Å². The molecule has 1 amide bonds. The fraction of sp³-hybridized carbons (Fsp3) is 0.467. The van der Waals surface area contributed by atoms with Crippen LogP contribution in [0.5, 0.6) is 0 Å². The number of carbonyl (C=O) groups excluding carboxylic acids is 2. The largest absolute Gasteiger partial charge is 0.351 e. The molecule has 1 aliphatic rings. The average molecular weight is 278 g/mol. The fourth-order valence-electron chi connectivity index (χ4n) is 2.41. The summed E-state index contributed by atoms with van der Waals surface area (Å²) in [4.78, 5) is 24.6. The molecule has 4 nitrogen and oxygen atoms in total. The number of amides is 1. The number of aldehydes is 1. The Morgan fingerprint density at radius 1 is 1.40 bits per heavy atom. The van der Waals surface area contributed by atoms with Crippen molar-refractivity contribution in [1.29, 1.82) is 0 Å². The summed E-state index contributed by atoms with van der Waals surface area (Å²) in [6.45, 7) is 2.22. The van der Waals surface area contributed by atoms with Gasteiger partial charge in [0.05, 0.1) is 6.54 Å². The Bertz CT molecular complexity index is 461. The molecule has 0 bridgehead atoms. The van der Waals surface area contributed by atoms with E-state index in [1.54, 1.807) is 12.1 Å². The van der Waals surface area contributed by atoms with E-state index in [1.807, 2.05) is 4.90 Å². The molecule has 0 aromatic heterocycles.